The zero-order valence-electron chi connectivity index (χ0n) is 10.8. The first-order chi connectivity index (χ1) is 7.40. The molecule has 1 rings (SSSR count). The summed E-state index contributed by atoms with van der Waals surface area (Å²) in [5, 5.41) is 11.5. The zero-order chi connectivity index (χ0) is 12.5. The number of nitrogens with zero attached hydrogens (tertiary/aromatic N) is 3. The molecule has 0 radical (unpaired) electrons. The SMILES string of the molecule is CCC(=O)c1c([O-])nc(N(C)C)n(C)c1=O.[Na+]. The van der Waals surface area contributed by atoms with Crippen molar-refractivity contribution in [3.63, 3.8) is 0 Å². The smallest absolute Gasteiger partial charge is 0.858 e. The molecule has 0 spiro atoms. The summed E-state index contributed by atoms with van der Waals surface area (Å²) in [4.78, 5) is 28.5. The van der Waals surface area contributed by atoms with Crippen molar-refractivity contribution in [3.8, 4) is 5.88 Å². The number of aromatic nitrogens is 2. The van der Waals surface area contributed by atoms with E-state index >= 15 is 0 Å². The number of anilines is 1. The van der Waals surface area contributed by atoms with Crippen molar-refractivity contribution in [1.29, 1.82) is 0 Å². The van der Waals surface area contributed by atoms with Crippen LogP contribution in [0.1, 0.15) is 23.7 Å². The standard InChI is InChI=1S/C10H15N3O3.Na/c1-5-6(14)7-8(15)11-10(12(2)3)13(4)9(7)16;/h15H,5H2,1-4H3;/q;+1/p-1. The number of hydrogen-bond donors (Lipinski definition) is 0. The number of hydrogen-bond acceptors (Lipinski definition) is 5. The van der Waals surface area contributed by atoms with E-state index in [0.29, 0.717) is 0 Å². The Labute approximate surface area is 122 Å². The molecule has 0 aliphatic heterocycles. The summed E-state index contributed by atoms with van der Waals surface area (Å²) >= 11 is 0. The molecule has 0 aromatic carbocycles. The average Bonchev–Trinajstić information content (AvgIpc) is 2.22. The summed E-state index contributed by atoms with van der Waals surface area (Å²) in [5.41, 5.74) is -0.939. The van der Waals surface area contributed by atoms with Crippen molar-refractivity contribution in [2.24, 2.45) is 7.05 Å². The van der Waals surface area contributed by atoms with Crippen LogP contribution >= 0.6 is 0 Å². The van der Waals surface area contributed by atoms with Gasteiger partial charge in [-0.3, -0.25) is 14.2 Å². The van der Waals surface area contributed by atoms with Crippen LogP contribution < -0.4 is 45.1 Å². The van der Waals surface area contributed by atoms with Gasteiger partial charge >= 0.3 is 29.6 Å². The molecule has 6 nitrogen and oxygen atoms in total. The van der Waals surface area contributed by atoms with Gasteiger partial charge in [-0.2, -0.15) is 0 Å². The topological polar surface area (TPSA) is 78.3 Å². The molecule has 0 N–H and O–H groups in total. The summed E-state index contributed by atoms with van der Waals surface area (Å²) in [6, 6.07) is 0. The van der Waals surface area contributed by atoms with Crippen molar-refractivity contribution in [1.82, 2.24) is 9.55 Å². The average molecular weight is 247 g/mol. The quantitative estimate of drug-likeness (QED) is 0.409. The second-order valence-corrected chi connectivity index (χ2v) is 3.63. The minimum Gasteiger partial charge on any atom is -0.858 e. The third-order valence-electron chi connectivity index (χ3n) is 2.23. The van der Waals surface area contributed by atoms with Gasteiger partial charge in [-0.1, -0.05) is 6.92 Å². The first kappa shape index (κ1) is 16.1. The first-order valence-electron chi connectivity index (χ1n) is 4.88. The van der Waals surface area contributed by atoms with Crippen LogP contribution in [0.25, 0.3) is 0 Å². The fourth-order valence-corrected chi connectivity index (χ4v) is 1.39. The normalized spacial score (nSPS) is 9.65. The maximum absolute atomic E-state index is 11.8. The molecule has 0 aliphatic rings. The Balaban J connectivity index is 0.00000256. The molecule has 88 valence electrons. The van der Waals surface area contributed by atoms with E-state index in [9.17, 15) is 14.7 Å². The van der Waals surface area contributed by atoms with Crippen molar-refractivity contribution in [2.45, 2.75) is 13.3 Å². The molecule has 17 heavy (non-hydrogen) atoms. The van der Waals surface area contributed by atoms with Gasteiger partial charge in [0, 0.05) is 33.4 Å². The van der Waals surface area contributed by atoms with Gasteiger partial charge < -0.3 is 10.0 Å². The summed E-state index contributed by atoms with van der Waals surface area (Å²) in [7, 11) is 4.82. The number of carbonyl (C=O) groups is 1. The minimum absolute atomic E-state index is 0. The Morgan fingerprint density at radius 2 is 2.00 bits per heavy atom. The van der Waals surface area contributed by atoms with Gasteiger partial charge in [-0.25, -0.2) is 4.98 Å². The molecule has 1 aromatic rings. The Hall–Kier alpha value is -0.850. The Morgan fingerprint density at radius 3 is 2.41 bits per heavy atom. The van der Waals surface area contributed by atoms with E-state index in [4.69, 9.17) is 0 Å². The first-order valence-corrected chi connectivity index (χ1v) is 4.88. The molecule has 0 aliphatic carbocycles. The molecule has 1 aromatic heterocycles. The largest absolute Gasteiger partial charge is 1.00 e. The predicted octanol–water partition coefficient (Wildman–Crippen LogP) is -3.48. The van der Waals surface area contributed by atoms with E-state index in [1.54, 1.807) is 25.9 Å². The van der Waals surface area contributed by atoms with Gasteiger partial charge in [0.05, 0.1) is 5.56 Å². The number of ketones is 1. The minimum atomic E-state index is -0.751. The fourth-order valence-electron chi connectivity index (χ4n) is 1.39. The van der Waals surface area contributed by atoms with Crippen LogP contribution in [0.4, 0.5) is 5.95 Å². The molecule has 0 fully saturated rings. The van der Waals surface area contributed by atoms with E-state index in [1.165, 1.54) is 11.6 Å². The van der Waals surface area contributed by atoms with Crippen LogP contribution in [-0.2, 0) is 7.05 Å². The summed E-state index contributed by atoms with van der Waals surface area (Å²) < 4.78 is 1.20. The molecule has 0 bridgehead atoms. The molecule has 0 saturated heterocycles. The molecular formula is C10H14N3NaO3. The number of carbonyl (C=O) groups excluding carboxylic acids is 1. The molecule has 0 unspecified atom stereocenters. The van der Waals surface area contributed by atoms with E-state index < -0.39 is 17.2 Å². The van der Waals surface area contributed by atoms with Crippen molar-refractivity contribution in [2.75, 3.05) is 19.0 Å². The summed E-state index contributed by atoms with van der Waals surface area (Å²) in [6.07, 6.45) is 0.119. The van der Waals surface area contributed by atoms with Crippen molar-refractivity contribution < 1.29 is 39.5 Å². The molecule has 0 amide bonds. The van der Waals surface area contributed by atoms with Gasteiger partial charge in [0.1, 0.15) is 0 Å². The van der Waals surface area contributed by atoms with Crippen LogP contribution in [-0.4, -0.2) is 29.4 Å². The third-order valence-corrected chi connectivity index (χ3v) is 2.23. The third kappa shape index (κ3) is 3.08. The van der Waals surface area contributed by atoms with Gasteiger partial charge in [0.15, 0.2) is 5.78 Å². The second kappa shape index (κ2) is 6.18. The maximum Gasteiger partial charge on any atom is 1.00 e. The van der Waals surface area contributed by atoms with Gasteiger partial charge in [0.2, 0.25) is 5.95 Å². The molecule has 7 heteroatoms. The second-order valence-electron chi connectivity index (χ2n) is 3.63. The Morgan fingerprint density at radius 1 is 1.47 bits per heavy atom. The van der Waals surface area contributed by atoms with E-state index in [-0.39, 0.29) is 47.5 Å². The summed E-state index contributed by atoms with van der Waals surface area (Å²) in [5.74, 6) is -0.982. The Bertz CT molecular complexity index is 482. The number of rotatable bonds is 3. The maximum atomic E-state index is 11.8. The van der Waals surface area contributed by atoms with Crippen LogP contribution in [0.5, 0.6) is 5.88 Å². The van der Waals surface area contributed by atoms with E-state index in [2.05, 4.69) is 4.98 Å². The molecule has 0 saturated carbocycles. The van der Waals surface area contributed by atoms with Crippen molar-refractivity contribution in [3.05, 3.63) is 15.9 Å². The van der Waals surface area contributed by atoms with Crippen LogP contribution in [0, 0.1) is 0 Å². The van der Waals surface area contributed by atoms with Crippen molar-refractivity contribution >= 4 is 11.7 Å². The predicted molar refractivity (Wildman–Crippen MR) is 57.9 cm³/mol. The Kier molecular flexibility index (Phi) is 5.87. The molecule has 0 atom stereocenters. The monoisotopic (exact) mass is 247 g/mol. The van der Waals surface area contributed by atoms with E-state index in [1.807, 2.05) is 0 Å². The zero-order valence-corrected chi connectivity index (χ0v) is 12.8. The summed E-state index contributed by atoms with van der Waals surface area (Å²) in [6.45, 7) is 1.60. The van der Waals surface area contributed by atoms with Crippen LogP contribution in [0.3, 0.4) is 0 Å². The van der Waals surface area contributed by atoms with Gasteiger partial charge in [-0.15, -0.1) is 0 Å². The van der Waals surface area contributed by atoms with Crippen LogP contribution in [0.2, 0.25) is 0 Å². The van der Waals surface area contributed by atoms with Gasteiger partial charge in [-0.05, 0) is 0 Å². The number of Topliss-reactive ketones (excluding diaryl/α,β-unsaturated/α-hetero) is 1. The molecule has 1 heterocycles. The van der Waals surface area contributed by atoms with Gasteiger partial charge in [0.25, 0.3) is 5.56 Å². The molecular weight excluding hydrogens is 233 g/mol. The van der Waals surface area contributed by atoms with Crippen LogP contribution in [0.15, 0.2) is 4.79 Å². The fraction of sp³-hybridized carbons (Fsp3) is 0.500. The van der Waals surface area contributed by atoms with E-state index in [0.717, 1.165) is 0 Å².